The van der Waals surface area contributed by atoms with E-state index in [0.29, 0.717) is 28.4 Å². The molecule has 30 heavy (non-hydrogen) atoms. The van der Waals surface area contributed by atoms with Crippen molar-refractivity contribution in [1.82, 2.24) is 19.5 Å². The van der Waals surface area contributed by atoms with Crippen LogP contribution in [0.3, 0.4) is 0 Å². The first-order chi connectivity index (χ1) is 14.4. The van der Waals surface area contributed by atoms with Crippen LogP contribution in [0.15, 0.2) is 47.6 Å². The van der Waals surface area contributed by atoms with Gasteiger partial charge < -0.3 is 20.1 Å². The fourth-order valence-electron chi connectivity index (χ4n) is 3.31. The smallest absolute Gasteiger partial charge is 0.166 e. The number of hydrogen-bond acceptors (Lipinski definition) is 7. The molecule has 0 radical (unpaired) electrons. The van der Waals surface area contributed by atoms with Gasteiger partial charge in [0.05, 0.1) is 24.5 Å². The second-order valence-electron chi connectivity index (χ2n) is 7.52. The number of aromatic hydroxyl groups is 1. The van der Waals surface area contributed by atoms with E-state index in [-0.39, 0.29) is 36.5 Å². The van der Waals surface area contributed by atoms with Crippen LogP contribution in [0.5, 0.6) is 5.75 Å². The number of allylic oxidation sites excluding steroid dienone is 1. The van der Waals surface area contributed by atoms with Crippen LogP contribution in [0.1, 0.15) is 49.7 Å². The summed E-state index contributed by atoms with van der Waals surface area (Å²) in [5, 5.41) is 23.1. The maximum Gasteiger partial charge on any atom is 0.166 e. The quantitative estimate of drug-likeness (QED) is 0.573. The summed E-state index contributed by atoms with van der Waals surface area (Å²) in [6, 6.07) is 6.49. The van der Waals surface area contributed by atoms with Crippen molar-refractivity contribution in [2.45, 2.75) is 38.3 Å². The summed E-state index contributed by atoms with van der Waals surface area (Å²) >= 11 is 0. The molecule has 9 heteroatoms. The third kappa shape index (κ3) is 4.02. The number of nitrogens with one attached hydrogen (secondary N) is 1. The lowest BCUT2D eigenvalue weighted by molar-refractivity contribution is 0.191. The topological polar surface area (TPSA) is 108 Å². The first-order valence-corrected chi connectivity index (χ1v) is 9.75. The minimum Gasteiger partial charge on any atom is -0.508 e. The molecule has 156 valence electrons. The second kappa shape index (κ2) is 8.19. The molecule has 0 amide bonds. The molecule has 0 saturated heterocycles. The van der Waals surface area contributed by atoms with E-state index in [4.69, 9.17) is 0 Å². The molecule has 1 aliphatic heterocycles. The lowest BCUT2D eigenvalue weighted by Gasteiger charge is -2.17. The minimum atomic E-state index is -0.817. The van der Waals surface area contributed by atoms with E-state index < -0.39 is 6.10 Å². The van der Waals surface area contributed by atoms with Gasteiger partial charge in [-0.1, -0.05) is 12.1 Å². The predicted molar refractivity (Wildman–Crippen MR) is 112 cm³/mol. The molecule has 1 aliphatic rings. The number of rotatable bonds is 6. The Bertz CT molecular complexity index is 1110. The second-order valence-corrected chi connectivity index (χ2v) is 7.52. The van der Waals surface area contributed by atoms with Gasteiger partial charge in [-0.2, -0.15) is 0 Å². The minimum absolute atomic E-state index is 0.129. The molecular weight excluding hydrogens is 387 g/mol. The number of nitrogens with zero attached hydrogens (tertiary/aromatic N) is 5. The van der Waals surface area contributed by atoms with Gasteiger partial charge in [-0.25, -0.2) is 19.3 Å². The third-order valence-electron chi connectivity index (χ3n) is 4.96. The number of aliphatic hydroxyl groups excluding tert-OH is 1. The van der Waals surface area contributed by atoms with Crippen molar-refractivity contribution in [3.05, 3.63) is 54.0 Å². The number of phenolic OH excluding ortho intramolecular Hbond substituents is 1. The number of hydrogen-bond donors (Lipinski definition) is 3. The first-order valence-electron chi connectivity index (χ1n) is 9.75. The molecule has 3 aromatic rings. The van der Waals surface area contributed by atoms with Gasteiger partial charge in [0.1, 0.15) is 22.9 Å². The highest BCUT2D eigenvalue weighted by Crippen LogP contribution is 2.29. The maximum atomic E-state index is 13.8. The summed E-state index contributed by atoms with van der Waals surface area (Å²) in [5.74, 6) is 0.350. The van der Waals surface area contributed by atoms with Crippen molar-refractivity contribution in [2.24, 2.45) is 4.99 Å². The number of fused-ring (bicyclic) bond motifs is 1. The fourth-order valence-corrected chi connectivity index (χ4v) is 3.31. The summed E-state index contributed by atoms with van der Waals surface area (Å²) < 4.78 is 15.7. The van der Waals surface area contributed by atoms with Crippen LogP contribution >= 0.6 is 0 Å². The normalized spacial score (nSPS) is 17.4. The van der Waals surface area contributed by atoms with Gasteiger partial charge in [-0.05, 0) is 31.5 Å². The molecule has 0 fully saturated rings. The zero-order chi connectivity index (χ0) is 21.3. The lowest BCUT2D eigenvalue weighted by atomic mass is 10.0. The van der Waals surface area contributed by atoms with Gasteiger partial charge in [-0.3, -0.25) is 4.99 Å². The van der Waals surface area contributed by atoms with Crippen LogP contribution in [0.25, 0.3) is 11.2 Å². The Morgan fingerprint density at radius 2 is 2.00 bits per heavy atom. The average molecular weight is 410 g/mol. The molecule has 2 unspecified atom stereocenters. The van der Waals surface area contributed by atoms with Gasteiger partial charge in [0, 0.05) is 25.2 Å². The predicted octanol–water partition coefficient (Wildman–Crippen LogP) is 3.63. The van der Waals surface area contributed by atoms with E-state index in [9.17, 15) is 14.6 Å². The molecule has 3 N–H and O–H groups in total. The zero-order valence-corrected chi connectivity index (χ0v) is 16.7. The Morgan fingerprint density at radius 1 is 1.23 bits per heavy atom. The number of aliphatic imine (C=N–C) groups is 1. The molecule has 4 rings (SSSR count). The van der Waals surface area contributed by atoms with E-state index in [1.54, 1.807) is 24.7 Å². The highest BCUT2D eigenvalue weighted by Gasteiger charge is 2.22. The van der Waals surface area contributed by atoms with E-state index in [0.717, 1.165) is 0 Å². The number of imidazole rings is 1. The number of anilines is 1. The van der Waals surface area contributed by atoms with Crippen LogP contribution in [0, 0.1) is 0 Å². The van der Waals surface area contributed by atoms with Crippen molar-refractivity contribution >= 4 is 23.2 Å². The van der Waals surface area contributed by atoms with Gasteiger partial charge in [-0.15, -0.1) is 0 Å². The molecule has 2 atom stereocenters. The summed E-state index contributed by atoms with van der Waals surface area (Å²) in [7, 11) is 0. The van der Waals surface area contributed by atoms with Crippen LogP contribution < -0.4 is 5.32 Å². The van der Waals surface area contributed by atoms with Gasteiger partial charge in [0.15, 0.2) is 11.5 Å². The number of aliphatic hydroxyl groups is 1. The molecule has 1 aromatic carbocycles. The Kier molecular flexibility index (Phi) is 5.45. The van der Waals surface area contributed by atoms with Gasteiger partial charge >= 0.3 is 0 Å². The van der Waals surface area contributed by atoms with Crippen molar-refractivity contribution in [1.29, 1.82) is 0 Å². The number of halogens is 1. The van der Waals surface area contributed by atoms with Gasteiger partial charge in [0.2, 0.25) is 0 Å². The number of phenols is 1. The number of benzene rings is 1. The molecule has 8 nitrogen and oxygen atoms in total. The SMILES string of the molecule is CC(C)n1cnc2c(NCC(O)c3ccc(O)cc3)nc(C3C=NC=C(F)C3)nc21. The van der Waals surface area contributed by atoms with Crippen molar-refractivity contribution in [2.75, 3.05) is 11.9 Å². The Hall–Kier alpha value is -3.33. The van der Waals surface area contributed by atoms with Crippen LogP contribution in [-0.2, 0) is 0 Å². The Labute approximate surface area is 172 Å². The molecule has 0 aliphatic carbocycles. The first kappa shape index (κ1) is 20.0. The van der Waals surface area contributed by atoms with E-state index in [1.165, 1.54) is 18.3 Å². The highest BCUT2D eigenvalue weighted by molar-refractivity contribution is 5.84. The maximum absolute atomic E-state index is 13.8. The van der Waals surface area contributed by atoms with Crippen molar-refractivity contribution in [3.63, 3.8) is 0 Å². The monoisotopic (exact) mass is 410 g/mol. The van der Waals surface area contributed by atoms with Crippen molar-refractivity contribution in [3.8, 4) is 5.75 Å². The summed E-state index contributed by atoms with van der Waals surface area (Å²) in [6.07, 6.45) is 3.86. The molecule has 0 bridgehead atoms. The molecular formula is C21H23FN6O2. The highest BCUT2D eigenvalue weighted by atomic mass is 19.1. The zero-order valence-electron chi connectivity index (χ0n) is 16.7. The van der Waals surface area contributed by atoms with Crippen LogP contribution in [-0.4, -0.2) is 42.5 Å². The van der Waals surface area contributed by atoms with E-state index >= 15 is 0 Å². The van der Waals surface area contributed by atoms with Gasteiger partial charge in [0.25, 0.3) is 0 Å². The molecule has 0 saturated carbocycles. The lowest BCUT2D eigenvalue weighted by Crippen LogP contribution is -2.16. The van der Waals surface area contributed by atoms with Crippen LogP contribution in [0.2, 0.25) is 0 Å². The molecule has 2 aromatic heterocycles. The average Bonchev–Trinajstić information content (AvgIpc) is 3.16. The van der Waals surface area contributed by atoms with Crippen LogP contribution in [0.4, 0.5) is 10.2 Å². The fraction of sp³-hybridized carbons (Fsp3) is 0.333. The Balaban J connectivity index is 1.66. The third-order valence-corrected chi connectivity index (χ3v) is 4.96. The number of aromatic nitrogens is 4. The van der Waals surface area contributed by atoms with E-state index in [2.05, 4.69) is 25.3 Å². The van der Waals surface area contributed by atoms with Crippen molar-refractivity contribution < 1.29 is 14.6 Å². The summed E-state index contributed by atoms with van der Waals surface area (Å²) in [6.45, 7) is 4.22. The molecule has 3 heterocycles. The molecule has 0 spiro atoms. The largest absolute Gasteiger partial charge is 0.508 e. The Morgan fingerprint density at radius 3 is 2.70 bits per heavy atom. The summed E-state index contributed by atoms with van der Waals surface area (Å²) in [4.78, 5) is 17.6. The summed E-state index contributed by atoms with van der Waals surface area (Å²) in [5.41, 5.74) is 1.87. The van der Waals surface area contributed by atoms with E-state index in [1.807, 2.05) is 18.4 Å². The standard InChI is InChI=1S/C21H23FN6O2/c1-12(2)28-11-25-18-20(24-10-17(30)13-3-5-16(29)6-4-13)26-19(27-21(18)28)14-7-15(22)9-23-8-14/h3-6,8-9,11-12,14,17,29-30H,7,10H2,1-2H3,(H,24,26,27).